The topological polar surface area (TPSA) is 75.4 Å². The number of anilines is 1. The number of hydrogen-bond donors (Lipinski definition) is 2. The Hall–Kier alpha value is -1.76. The molecule has 0 heterocycles. The van der Waals surface area contributed by atoms with E-state index >= 15 is 0 Å². The summed E-state index contributed by atoms with van der Waals surface area (Å²) in [4.78, 5) is 9.95. The fourth-order valence-electron chi connectivity index (χ4n) is 1.66. The van der Waals surface area contributed by atoms with Gasteiger partial charge in [-0.25, -0.2) is 8.78 Å². The zero-order valence-electron chi connectivity index (χ0n) is 10.4. The van der Waals surface area contributed by atoms with Gasteiger partial charge in [0.25, 0.3) is 5.69 Å². The second-order valence-electron chi connectivity index (χ2n) is 4.08. The van der Waals surface area contributed by atoms with Crippen molar-refractivity contribution in [3.05, 3.63) is 33.9 Å². The highest BCUT2D eigenvalue weighted by molar-refractivity contribution is 5.62. The number of nitrogens with one attached hydrogen (secondary N) is 1. The van der Waals surface area contributed by atoms with Crippen LogP contribution in [0.5, 0.6) is 0 Å². The van der Waals surface area contributed by atoms with Crippen molar-refractivity contribution < 1.29 is 18.8 Å². The molecule has 1 aromatic rings. The van der Waals surface area contributed by atoms with Crippen LogP contribution in [-0.4, -0.2) is 23.2 Å². The van der Waals surface area contributed by atoms with Gasteiger partial charge in [0.05, 0.1) is 4.92 Å². The van der Waals surface area contributed by atoms with Crippen molar-refractivity contribution >= 4 is 11.4 Å². The predicted octanol–water partition coefficient (Wildman–Crippen LogP) is 2.84. The molecule has 0 spiro atoms. The molecule has 5 nitrogen and oxygen atoms in total. The zero-order valence-corrected chi connectivity index (χ0v) is 10.4. The second-order valence-corrected chi connectivity index (χ2v) is 4.08. The Morgan fingerprint density at radius 1 is 1.21 bits per heavy atom. The minimum atomic E-state index is -1.23. The number of hydrogen-bond acceptors (Lipinski definition) is 4. The van der Waals surface area contributed by atoms with Crippen LogP contribution in [0.15, 0.2) is 12.1 Å². The SMILES string of the molecule is O=[N+]([O-])c1ccc(F)c(F)c1NCCCCCCO. The number of nitro benzene ring substituents is 1. The standard InChI is InChI=1S/C12H16F2N2O3/c13-9-5-6-10(16(18)19)12(11(9)14)15-7-3-1-2-4-8-17/h5-6,15,17H,1-4,7-8H2. The van der Waals surface area contributed by atoms with Crippen LogP contribution in [0.3, 0.4) is 0 Å². The first-order valence-corrected chi connectivity index (χ1v) is 6.05. The molecule has 1 aromatic carbocycles. The molecule has 0 aliphatic carbocycles. The van der Waals surface area contributed by atoms with Crippen molar-refractivity contribution in [2.24, 2.45) is 0 Å². The monoisotopic (exact) mass is 274 g/mol. The largest absolute Gasteiger partial charge is 0.396 e. The molecule has 0 saturated carbocycles. The molecule has 19 heavy (non-hydrogen) atoms. The number of halogens is 2. The first-order valence-electron chi connectivity index (χ1n) is 6.05. The Kier molecular flexibility index (Phi) is 6.14. The summed E-state index contributed by atoms with van der Waals surface area (Å²) in [5, 5.41) is 21.9. The summed E-state index contributed by atoms with van der Waals surface area (Å²) >= 11 is 0. The molecule has 0 aliphatic heterocycles. The van der Waals surface area contributed by atoms with Crippen LogP contribution in [0.25, 0.3) is 0 Å². The molecular weight excluding hydrogens is 258 g/mol. The average Bonchev–Trinajstić information content (AvgIpc) is 2.38. The van der Waals surface area contributed by atoms with E-state index in [0.717, 1.165) is 25.0 Å². The molecule has 0 fully saturated rings. The van der Waals surface area contributed by atoms with Crippen LogP contribution in [0.2, 0.25) is 0 Å². The molecule has 0 bridgehead atoms. The smallest absolute Gasteiger partial charge is 0.295 e. The number of nitrogens with zero attached hydrogens (tertiary/aromatic N) is 1. The van der Waals surface area contributed by atoms with Gasteiger partial charge in [-0.15, -0.1) is 0 Å². The van der Waals surface area contributed by atoms with E-state index in [0.29, 0.717) is 19.4 Å². The highest BCUT2D eigenvalue weighted by Crippen LogP contribution is 2.28. The molecule has 0 atom stereocenters. The van der Waals surface area contributed by atoms with E-state index < -0.39 is 27.9 Å². The van der Waals surface area contributed by atoms with Crippen molar-refractivity contribution in [3.63, 3.8) is 0 Å². The summed E-state index contributed by atoms with van der Waals surface area (Å²) in [6.07, 6.45) is 2.98. The Bertz CT molecular complexity index is 441. The maximum Gasteiger partial charge on any atom is 0.295 e. The number of rotatable bonds is 8. The predicted molar refractivity (Wildman–Crippen MR) is 67.1 cm³/mol. The van der Waals surface area contributed by atoms with Gasteiger partial charge >= 0.3 is 0 Å². The summed E-state index contributed by atoms with van der Waals surface area (Å²) < 4.78 is 26.5. The van der Waals surface area contributed by atoms with Gasteiger partial charge in [0.1, 0.15) is 0 Å². The molecule has 0 unspecified atom stereocenters. The maximum atomic E-state index is 13.5. The highest BCUT2D eigenvalue weighted by Gasteiger charge is 2.20. The van der Waals surface area contributed by atoms with Gasteiger partial charge in [-0.1, -0.05) is 12.8 Å². The third kappa shape index (κ3) is 4.44. The number of benzene rings is 1. The third-order valence-electron chi connectivity index (χ3n) is 2.66. The number of nitro groups is 1. The van der Waals surface area contributed by atoms with E-state index in [1.165, 1.54) is 0 Å². The van der Waals surface area contributed by atoms with Crippen LogP contribution in [0.1, 0.15) is 25.7 Å². The van der Waals surface area contributed by atoms with Gasteiger partial charge < -0.3 is 10.4 Å². The number of unbranched alkanes of at least 4 members (excludes halogenated alkanes) is 3. The van der Waals surface area contributed by atoms with E-state index in [1.807, 2.05) is 0 Å². The molecule has 0 amide bonds. The minimum absolute atomic E-state index is 0.122. The van der Waals surface area contributed by atoms with Crippen molar-refractivity contribution in [1.82, 2.24) is 0 Å². The molecule has 0 radical (unpaired) electrons. The first kappa shape index (κ1) is 15.3. The van der Waals surface area contributed by atoms with Crippen LogP contribution in [-0.2, 0) is 0 Å². The van der Waals surface area contributed by atoms with Gasteiger partial charge in [0.2, 0.25) is 0 Å². The van der Waals surface area contributed by atoms with Crippen molar-refractivity contribution in [1.29, 1.82) is 0 Å². The molecule has 1 rings (SSSR count). The van der Waals surface area contributed by atoms with Gasteiger partial charge in [0, 0.05) is 19.2 Å². The lowest BCUT2D eigenvalue weighted by atomic mass is 10.2. The minimum Gasteiger partial charge on any atom is -0.396 e. The molecule has 0 aromatic heterocycles. The fraction of sp³-hybridized carbons (Fsp3) is 0.500. The molecule has 106 valence electrons. The van der Waals surface area contributed by atoms with E-state index in [9.17, 15) is 18.9 Å². The number of aliphatic hydroxyl groups excluding tert-OH is 1. The van der Waals surface area contributed by atoms with Crippen molar-refractivity contribution in [2.45, 2.75) is 25.7 Å². The van der Waals surface area contributed by atoms with E-state index in [4.69, 9.17) is 5.11 Å². The normalized spacial score (nSPS) is 10.5. The molecule has 7 heteroatoms. The second kappa shape index (κ2) is 7.63. The molecule has 0 aliphatic rings. The average molecular weight is 274 g/mol. The summed E-state index contributed by atoms with van der Waals surface area (Å²) in [7, 11) is 0. The van der Waals surface area contributed by atoms with Crippen molar-refractivity contribution in [2.75, 3.05) is 18.5 Å². The van der Waals surface area contributed by atoms with E-state index in [-0.39, 0.29) is 6.61 Å². The van der Waals surface area contributed by atoms with Crippen LogP contribution in [0.4, 0.5) is 20.2 Å². The van der Waals surface area contributed by atoms with Gasteiger partial charge in [-0.05, 0) is 18.9 Å². The van der Waals surface area contributed by atoms with E-state index in [2.05, 4.69) is 5.32 Å². The van der Waals surface area contributed by atoms with Crippen LogP contribution in [0, 0.1) is 21.7 Å². The van der Waals surface area contributed by atoms with Gasteiger partial charge in [-0.2, -0.15) is 0 Å². The van der Waals surface area contributed by atoms with Crippen molar-refractivity contribution in [3.8, 4) is 0 Å². The molecular formula is C12H16F2N2O3. The fourth-order valence-corrected chi connectivity index (χ4v) is 1.66. The number of aliphatic hydroxyl groups is 1. The molecule has 2 N–H and O–H groups in total. The van der Waals surface area contributed by atoms with Gasteiger partial charge in [0.15, 0.2) is 17.3 Å². The lowest BCUT2D eigenvalue weighted by Crippen LogP contribution is -2.07. The maximum absolute atomic E-state index is 13.5. The lowest BCUT2D eigenvalue weighted by Gasteiger charge is -2.08. The summed E-state index contributed by atoms with van der Waals surface area (Å²) in [5.74, 6) is -2.35. The molecule has 0 saturated heterocycles. The Balaban J connectivity index is 2.61. The summed E-state index contributed by atoms with van der Waals surface area (Å²) in [6.45, 7) is 0.435. The summed E-state index contributed by atoms with van der Waals surface area (Å²) in [5.41, 5.74) is -0.888. The van der Waals surface area contributed by atoms with E-state index in [1.54, 1.807) is 0 Å². The Labute approximate surface area is 109 Å². The Morgan fingerprint density at radius 2 is 1.89 bits per heavy atom. The Morgan fingerprint density at radius 3 is 2.53 bits per heavy atom. The third-order valence-corrected chi connectivity index (χ3v) is 2.66. The van der Waals surface area contributed by atoms with Gasteiger partial charge in [-0.3, -0.25) is 10.1 Å². The summed E-state index contributed by atoms with van der Waals surface area (Å²) in [6, 6.07) is 1.67. The lowest BCUT2D eigenvalue weighted by molar-refractivity contribution is -0.384. The van der Waals surface area contributed by atoms with Crippen LogP contribution < -0.4 is 5.32 Å². The first-order chi connectivity index (χ1) is 9.07. The zero-order chi connectivity index (χ0) is 14.3. The highest BCUT2D eigenvalue weighted by atomic mass is 19.2. The quantitative estimate of drug-likeness (QED) is 0.434. The van der Waals surface area contributed by atoms with Crippen LogP contribution >= 0.6 is 0 Å².